The molecule has 4 N–H and O–H groups in total. The molecule has 1 atom stereocenters. The van der Waals surface area contributed by atoms with Crippen LogP contribution in [0.1, 0.15) is 21.5 Å². The number of hydrogen-bond donors (Lipinski definition) is 4. The number of carbonyl (C=O) groups is 3. The van der Waals surface area contributed by atoms with E-state index in [1.54, 1.807) is 6.07 Å². The average Bonchev–Trinajstić information content (AvgIpc) is 3.06. The lowest BCUT2D eigenvalue weighted by Crippen LogP contribution is -2.52. The van der Waals surface area contributed by atoms with Crippen molar-refractivity contribution in [2.75, 3.05) is 6.54 Å². The summed E-state index contributed by atoms with van der Waals surface area (Å²) in [6.45, 7) is 0.182. The fourth-order valence-electron chi connectivity index (χ4n) is 3.41. The minimum atomic E-state index is -1.45. The van der Waals surface area contributed by atoms with E-state index in [2.05, 4.69) is 10.6 Å². The second-order valence-corrected chi connectivity index (χ2v) is 6.36. The molecule has 26 heavy (non-hydrogen) atoms. The number of hydrogen-bond acceptors (Lipinski definition) is 5. The van der Waals surface area contributed by atoms with Gasteiger partial charge in [0.2, 0.25) is 0 Å². The molecule has 0 aromatic heterocycles. The number of rotatable bonds is 3. The molecule has 4 amide bonds. The molecule has 132 valence electrons. The molecular formula is C18H15N3O5. The van der Waals surface area contributed by atoms with Crippen LogP contribution in [0.3, 0.4) is 0 Å². The Labute approximate surface area is 148 Å². The molecule has 2 aliphatic heterocycles. The molecule has 0 bridgehead atoms. The highest BCUT2D eigenvalue weighted by molar-refractivity contribution is 6.08. The molecule has 2 aromatic carbocycles. The zero-order chi connectivity index (χ0) is 18.5. The molecule has 2 aliphatic rings. The molecule has 0 spiro atoms. The summed E-state index contributed by atoms with van der Waals surface area (Å²) in [6, 6.07) is 9.77. The third-order valence-corrected chi connectivity index (χ3v) is 4.70. The van der Waals surface area contributed by atoms with Crippen LogP contribution in [0, 0.1) is 0 Å². The second kappa shape index (κ2) is 5.48. The first kappa shape index (κ1) is 15.9. The fraction of sp³-hybridized carbons (Fsp3) is 0.167. The molecule has 0 saturated carbocycles. The SMILES string of the molecule is O=C1NC(=O)[C@](CN2Cc3ccc(O)cc3C2=O)(c2ccc(O)cc2)N1. The molecule has 0 radical (unpaired) electrons. The Morgan fingerprint density at radius 3 is 2.35 bits per heavy atom. The van der Waals surface area contributed by atoms with Crippen LogP contribution < -0.4 is 10.6 Å². The summed E-state index contributed by atoms with van der Waals surface area (Å²) >= 11 is 0. The highest BCUT2D eigenvalue weighted by atomic mass is 16.3. The highest BCUT2D eigenvalue weighted by Crippen LogP contribution is 2.32. The number of phenolic OH excluding ortho intramolecular Hbond substituents is 2. The Morgan fingerprint density at radius 1 is 1.00 bits per heavy atom. The smallest absolute Gasteiger partial charge is 0.322 e. The zero-order valence-electron chi connectivity index (χ0n) is 13.5. The second-order valence-electron chi connectivity index (χ2n) is 6.36. The summed E-state index contributed by atoms with van der Waals surface area (Å²) in [4.78, 5) is 38.5. The highest BCUT2D eigenvalue weighted by Gasteiger charge is 2.50. The van der Waals surface area contributed by atoms with Crippen molar-refractivity contribution in [3.63, 3.8) is 0 Å². The standard InChI is InChI=1S/C18H15N3O5/c22-12-5-2-11(3-6-12)18(16(25)19-17(26)20-18)9-21-8-10-1-4-13(23)7-14(10)15(21)24/h1-7,22-23H,8-9H2,(H2,19,20,25,26)/t18-/m0/s1. The van der Waals surface area contributed by atoms with E-state index in [0.717, 1.165) is 5.56 Å². The molecule has 8 nitrogen and oxygen atoms in total. The normalized spacial score (nSPS) is 21.5. The zero-order valence-corrected chi connectivity index (χ0v) is 13.5. The van der Waals surface area contributed by atoms with Gasteiger partial charge in [-0.25, -0.2) is 4.79 Å². The third-order valence-electron chi connectivity index (χ3n) is 4.70. The van der Waals surface area contributed by atoms with Gasteiger partial charge in [0.15, 0.2) is 5.54 Å². The van der Waals surface area contributed by atoms with Gasteiger partial charge in [-0.05, 0) is 35.4 Å². The van der Waals surface area contributed by atoms with Gasteiger partial charge in [0.05, 0.1) is 6.54 Å². The van der Waals surface area contributed by atoms with Gasteiger partial charge in [0.25, 0.3) is 11.8 Å². The van der Waals surface area contributed by atoms with E-state index < -0.39 is 17.5 Å². The van der Waals surface area contributed by atoms with Crippen molar-refractivity contribution in [1.82, 2.24) is 15.5 Å². The Balaban J connectivity index is 1.71. The number of amides is 4. The number of imide groups is 1. The van der Waals surface area contributed by atoms with E-state index in [0.29, 0.717) is 11.1 Å². The molecule has 4 rings (SSSR count). The molecule has 2 heterocycles. The number of nitrogens with zero attached hydrogens (tertiary/aromatic N) is 1. The first-order valence-corrected chi connectivity index (χ1v) is 7.93. The van der Waals surface area contributed by atoms with Crippen LogP contribution in [0.4, 0.5) is 4.79 Å². The average molecular weight is 353 g/mol. The van der Waals surface area contributed by atoms with Gasteiger partial charge >= 0.3 is 6.03 Å². The van der Waals surface area contributed by atoms with Gasteiger partial charge in [-0.15, -0.1) is 0 Å². The van der Waals surface area contributed by atoms with Crippen molar-refractivity contribution in [2.45, 2.75) is 12.1 Å². The summed E-state index contributed by atoms with van der Waals surface area (Å²) in [5.74, 6) is -0.893. The Kier molecular flexibility index (Phi) is 3.36. The van der Waals surface area contributed by atoms with E-state index in [-0.39, 0.29) is 30.5 Å². The van der Waals surface area contributed by atoms with Crippen LogP contribution in [0.5, 0.6) is 11.5 Å². The van der Waals surface area contributed by atoms with Crippen molar-refractivity contribution in [2.24, 2.45) is 0 Å². The van der Waals surface area contributed by atoms with Crippen LogP contribution in [-0.2, 0) is 16.9 Å². The third kappa shape index (κ3) is 2.34. The van der Waals surface area contributed by atoms with Crippen molar-refractivity contribution >= 4 is 17.8 Å². The summed E-state index contributed by atoms with van der Waals surface area (Å²) in [7, 11) is 0. The predicted octanol–water partition coefficient (Wildman–Crippen LogP) is 0.788. The van der Waals surface area contributed by atoms with Crippen molar-refractivity contribution in [1.29, 1.82) is 0 Å². The number of nitrogens with one attached hydrogen (secondary N) is 2. The minimum Gasteiger partial charge on any atom is -0.508 e. The van der Waals surface area contributed by atoms with Crippen LogP contribution in [0.2, 0.25) is 0 Å². The monoisotopic (exact) mass is 353 g/mol. The number of fused-ring (bicyclic) bond motifs is 1. The molecular weight excluding hydrogens is 338 g/mol. The number of aromatic hydroxyl groups is 2. The van der Waals surface area contributed by atoms with Crippen LogP contribution in [-0.4, -0.2) is 39.5 Å². The number of phenols is 2. The molecule has 1 saturated heterocycles. The maximum atomic E-state index is 12.7. The first-order chi connectivity index (χ1) is 12.4. The van der Waals surface area contributed by atoms with E-state index >= 15 is 0 Å². The van der Waals surface area contributed by atoms with Crippen LogP contribution >= 0.6 is 0 Å². The molecule has 0 unspecified atom stereocenters. The predicted molar refractivity (Wildman–Crippen MR) is 89.3 cm³/mol. The van der Waals surface area contributed by atoms with E-state index in [1.807, 2.05) is 0 Å². The number of benzene rings is 2. The van der Waals surface area contributed by atoms with Crippen LogP contribution in [0.15, 0.2) is 42.5 Å². The maximum Gasteiger partial charge on any atom is 0.322 e. The van der Waals surface area contributed by atoms with E-state index in [4.69, 9.17) is 0 Å². The summed E-state index contributed by atoms with van der Waals surface area (Å²) in [5, 5.41) is 23.9. The Bertz CT molecular complexity index is 940. The molecule has 2 aromatic rings. The lowest BCUT2D eigenvalue weighted by atomic mass is 9.89. The van der Waals surface area contributed by atoms with E-state index in [9.17, 15) is 24.6 Å². The number of urea groups is 1. The van der Waals surface area contributed by atoms with Gasteiger partial charge < -0.3 is 20.4 Å². The lowest BCUT2D eigenvalue weighted by Gasteiger charge is -2.31. The Morgan fingerprint density at radius 2 is 1.69 bits per heavy atom. The van der Waals surface area contributed by atoms with Gasteiger partial charge in [-0.2, -0.15) is 0 Å². The molecule has 0 aliphatic carbocycles. The number of carbonyl (C=O) groups excluding carboxylic acids is 3. The molecule has 8 heteroatoms. The minimum absolute atomic E-state index is 0.0147. The molecule has 1 fully saturated rings. The largest absolute Gasteiger partial charge is 0.508 e. The summed E-state index contributed by atoms with van der Waals surface area (Å²) in [5.41, 5.74) is 0.101. The quantitative estimate of drug-likeness (QED) is 0.608. The van der Waals surface area contributed by atoms with Crippen molar-refractivity contribution in [3.05, 3.63) is 59.2 Å². The Hall–Kier alpha value is -3.55. The van der Waals surface area contributed by atoms with Gasteiger partial charge in [0, 0.05) is 12.1 Å². The van der Waals surface area contributed by atoms with E-state index in [1.165, 1.54) is 41.3 Å². The maximum absolute atomic E-state index is 12.7. The van der Waals surface area contributed by atoms with Gasteiger partial charge in [0.1, 0.15) is 11.5 Å². The first-order valence-electron chi connectivity index (χ1n) is 7.93. The summed E-state index contributed by atoms with van der Waals surface area (Å²) < 4.78 is 0. The van der Waals surface area contributed by atoms with Crippen molar-refractivity contribution in [3.8, 4) is 11.5 Å². The summed E-state index contributed by atoms with van der Waals surface area (Å²) in [6.07, 6.45) is 0. The lowest BCUT2D eigenvalue weighted by molar-refractivity contribution is -0.124. The van der Waals surface area contributed by atoms with Crippen molar-refractivity contribution < 1.29 is 24.6 Å². The topological polar surface area (TPSA) is 119 Å². The van der Waals surface area contributed by atoms with Crippen LogP contribution in [0.25, 0.3) is 0 Å². The fourth-order valence-corrected chi connectivity index (χ4v) is 3.41. The van der Waals surface area contributed by atoms with Gasteiger partial charge in [-0.3, -0.25) is 14.9 Å². The van der Waals surface area contributed by atoms with Gasteiger partial charge in [-0.1, -0.05) is 18.2 Å².